The van der Waals surface area contributed by atoms with Crippen LogP contribution in [-0.4, -0.2) is 46.6 Å². The molecule has 0 aromatic carbocycles. The number of nitrogens with zero attached hydrogens (tertiary/aromatic N) is 1. The number of aromatic amines is 1. The quantitative estimate of drug-likeness (QED) is 0.891. The number of amides is 2. The molecular weight excluding hydrogens is 306 g/mol. The van der Waals surface area contributed by atoms with Crippen LogP contribution in [0.2, 0.25) is 0 Å². The average molecular weight is 335 g/mol. The second-order valence-corrected chi connectivity index (χ2v) is 7.60. The van der Waals surface area contributed by atoms with Crippen molar-refractivity contribution >= 4 is 12.0 Å². The highest BCUT2D eigenvalue weighted by Crippen LogP contribution is 2.22. The summed E-state index contributed by atoms with van der Waals surface area (Å²) in [6.45, 7) is 10.8. The second kappa shape index (κ2) is 7.28. The summed E-state index contributed by atoms with van der Waals surface area (Å²) in [5.41, 5.74) is 1.11. The van der Waals surface area contributed by atoms with Gasteiger partial charge in [0.25, 0.3) is 5.91 Å². The number of alkyl carbamates (subject to hydrolysis) is 1. The van der Waals surface area contributed by atoms with Crippen molar-refractivity contribution in [3.8, 4) is 0 Å². The summed E-state index contributed by atoms with van der Waals surface area (Å²) in [7, 11) is 0. The van der Waals surface area contributed by atoms with Gasteiger partial charge in [-0.3, -0.25) is 4.79 Å². The Bertz CT molecular complexity index is 589. The monoisotopic (exact) mass is 335 g/mol. The Kier molecular flexibility index (Phi) is 5.57. The highest BCUT2D eigenvalue weighted by Gasteiger charge is 2.30. The van der Waals surface area contributed by atoms with Crippen LogP contribution in [0.1, 0.15) is 56.6 Å². The van der Waals surface area contributed by atoms with Gasteiger partial charge in [-0.2, -0.15) is 0 Å². The first-order valence-electron chi connectivity index (χ1n) is 8.60. The standard InChI is InChI=1S/C18H29N3O3/c1-12(20-17(23)24-18(3,4)5)14-7-6-10-21(11-14)16(22)15-8-9-19-13(15)2/h8-9,12,14,19H,6-7,10-11H2,1-5H3,(H,20,23)/t12-,14-/m1/s1. The van der Waals surface area contributed by atoms with Gasteiger partial charge in [0, 0.05) is 31.0 Å². The fourth-order valence-electron chi connectivity index (χ4n) is 3.07. The van der Waals surface area contributed by atoms with Crippen molar-refractivity contribution < 1.29 is 14.3 Å². The third-order valence-electron chi connectivity index (χ3n) is 4.38. The first kappa shape index (κ1) is 18.4. The third-order valence-corrected chi connectivity index (χ3v) is 4.38. The zero-order valence-electron chi connectivity index (χ0n) is 15.3. The fourth-order valence-corrected chi connectivity index (χ4v) is 3.07. The molecule has 2 amide bonds. The number of rotatable bonds is 3. The van der Waals surface area contributed by atoms with Crippen LogP contribution >= 0.6 is 0 Å². The van der Waals surface area contributed by atoms with Gasteiger partial charge in [0.2, 0.25) is 0 Å². The summed E-state index contributed by atoms with van der Waals surface area (Å²) in [5.74, 6) is 0.289. The van der Waals surface area contributed by atoms with Crippen LogP contribution in [0.3, 0.4) is 0 Å². The molecule has 1 aromatic rings. The highest BCUT2D eigenvalue weighted by atomic mass is 16.6. The van der Waals surface area contributed by atoms with Crippen molar-refractivity contribution in [2.45, 2.75) is 59.1 Å². The highest BCUT2D eigenvalue weighted by molar-refractivity contribution is 5.95. The van der Waals surface area contributed by atoms with Crippen molar-refractivity contribution in [1.29, 1.82) is 0 Å². The van der Waals surface area contributed by atoms with Gasteiger partial charge in [-0.25, -0.2) is 4.79 Å². The van der Waals surface area contributed by atoms with Crippen LogP contribution in [-0.2, 0) is 4.74 Å². The Morgan fingerprint density at radius 2 is 2.12 bits per heavy atom. The van der Waals surface area contributed by atoms with Gasteiger partial charge in [0.15, 0.2) is 0 Å². The topological polar surface area (TPSA) is 74.4 Å². The van der Waals surface area contributed by atoms with E-state index in [2.05, 4.69) is 10.3 Å². The van der Waals surface area contributed by atoms with Crippen molar-refractivity contribution in [1.82, 2.24) is 15.2 Å². The lowest BCUT2D eigenvalue weighted by molar-refractivity contribution is 0.0460. The van der Waals surface area contributed by atoms with Gasteiger partial charge in [-0.15, -0.1) is 0 Å². The summed E-state index contributed by atoms with van der Waals surface area (Å²) in [6.07, 6.45) is 3.32. The van der Waals surface area contributed by atoms with Gasteiger partial charge in [-0.05, 0) is 59.4 Å². The molecule has 1 saturated heterocycles. The predicted octanol–water partition coefficient (Wildman–Crippen LogP) is 3.09. The average Bonchev–Trinajstić information content (AvgIpc) is 2.90. The Morgan fingerprint density at radius 1 is 1.42 bits per heavy atom. The molecule has 0 radical (unpaired) electrons. The van der Waals surface area contributed by atoms with Crippen LogP contribution in [0, 0.1) is 12.8 Å². The second-order valence-electron chi connectivity index (χ2n) is 7.60. The summed E-state index contributed by atoms with van der Waals surface area (Å²) in [5, 5.41) is 2.91. The van der Waals surface area contributed by atoms with E-state index in [1.165, 1.54) is 0 Å². The number of aromatic nitrogens is 1. The maximum absolute atomic E-state index is 12.7. The molecule has 24 heavy (non-hydrogen) atoms. The molecule has 1 aromatic heterocycles. The van der Waals surface area contributed by atoms with Crippen molar-refractivity contribution in [3.63, 3.8) is 0 Å². The van der Waals surface area contributed by atoms with E-state index in [1.807, 2.05) is 45.6 Å². The van der Waals surface area contributed by atoms with Crippen molar-refractivity contribution in [2.75, 3.05) is 13.1 Å². The van der Waals surface area contributed by atoms with Crippen LogP contribution in [0.15, 0.2) is 12.3 Å². The largest absolute Gasteiger partial charge is 0.444 e. The first-order valence-corrected chi connectivity index (χ1v) is 8.60. The number of hydrogen-bond acceptors (Lipinski definition) is 3. The molecule has 6 heteroatoms. The SMILES string of the molecule is Cc1[nH]ccc1C(=O)N1CCC[C@@H]([C@@H](C)NC(=O)OC(C)(C)C)C1. The van der Waals surface area contributed by atoms with E-state index < -0.39 is 11.7 Å². The van der Waals surface area contributed by atoms with Gasteiger partial charge < -0.3 is 19.9 Å². The number of carbonyl (C=O) groups excluding carboxylic acids is 2. The van der Waals surface area contributed by atoms with Crippen LogP contribution in [0.25, 0.3) is 0 Å². The molecule has 1 aliphatic heterocycles. The molecule has 2 heterocycles. The number of likely N-dealkylation sites (tertiary alicyclic amines) is 1. The number of ether oxygens (including phenoxy) is 1. The number of hydrogen-bond donors (Lipinski definition) is 2. The zero-order valence-corrected chi connectivity index (χ0v) is 15.3. The lowest BCUT2D eigenvalue weighted by Gasteiger charge is -2.36. The molecule has 0 spiro atoms. The molecule has 0 bridgehead atoms. The molecular formula is C18H29N3O3. The van der Waals surface area contributed by atoms with Gasteiger partial charge in [0.05, 0.1) is 5.56 Å². The van der Waals surface area contributed by atoms with E-state index in [9.17, 15) is 9.59 Å². The molecule has 2 rings (SSSR count). The number of carbonyl (C=O) groups is 2. The van der Waals surface area contributed by atoms with Gasteiger partial charge >= 0.3 is 6.09 Å². The molecule has 2 N–H and O–H groups in total. The van der Waals surface area contributed by atoms with Gasteiger partial charge in [-0.1, -0.05) is 0 Å². The number of nitrogens with one attached hydrogen (secondary N) is 2. The van der Waals surface area contributed by atoms with Gasteiger partial charge in [0.1, 0.15) is 5.60 Å². The minimum atomic E-state index is -0.510. The minimum Gasteiger partial charge on any atom is -0.444 e. The predicted molar refractivity (Wildman–Crippen MR) is 93.0 cm³/mol. The van der Waals surface area contributed by atoms with E-state index in [1.54, 1.807) is 6.20 Å². The lowest BCUT2D eigenvalue weighted by Crippen LogP contribution is -2.48. The van der Waals surface area contributed by atoms with E-state index in [0.29, 0.717) is 6.54 Å². The molecule has 2 atom stereocenters. The Labute approximate surface area is 143 Å². The van der Waals surface area contributed by atoms with E-state index >= 15 is 0 Å². The fraction of sp³-hybridized carbons (Fsp3) is 0.667. The molecule has 0 saturated carbocycles. The molecule has 0 aliphatic carbocycles. The lowest BCUT2D eigenvalue weighted by atomic mass is 9.91. The molecule has 1 fully saturated rings. The van der Waals surface area contributed by atoms with Crippen LogP contribution < -0.4 is 5.32 Å². The van der Waals surface area contributed by atoms with Crippen LogP contribution in [0.4, 0.5) is 4.79 Å². The third kappa shape index (κ3) is 4.76. The summed E-state index contributed by atoms with van der Waals surface area (Å²) in [6, 6.07) is 1.78. The Hall–Kier alpha value is -1.98. The Balaban J connectivity index is 1.94. The Morgan fingerprint density at radius 3 is 2.71 bits per heavy atom. The number of H-pyrrole nitrogens is 1. The molecule has 6 nitrogen and oxygen atoms in total. The van der Waals surface area contributed by atoms with E-state index in [-0.39, 0.29) is 17.9 Å². The summed E-state index contributed by atoms with van der Waals surface area (Å²) >= 11 is 0. The summed E-state index contributed by atoms with van der Waals surface area (Å²) in [4.78, 5) is 29.5. The summed E-state index contributed by atoms with van der Waals surface area (Å²) < 4.78 is 5.31. The van der Waals surface area contributed by atoms with Crippen molar-refractivity contribution in [2.24, 2.45) is 5.92 Å². The van der Waals surface area contributed by atoms with E-state index in [0.717, 1.165) is 30.6 Å². The maximum Gasteiger partial charge on any atom is 0.407 e. The maximum atomic E-state index is 12.7. The smallest absolute Gasteiger partial charge is 0.407 e. The van der Waals surface area contributed by atoms with Crippen molar-refractivity contribution in [3.05, 3.63) is 23.5 Å². The zero-order chi connectivity index (χ0) is 17.9. The molecule has 0 unspecified atom stereocenters. The normalized spacial score (nSPS) is 19.7. The first-order chi connectivity index (χ1) is 11.2. The minimum absolute atomic E-state index is 0.0391. The number of aryl methyl sites for hydroxylation is 1. The van der Waals surface area contributed by atoms with Crippen LogP contribution in [0.5, 0.6) is 0 Å². The van der Waals surface area contributed by atoms with E-state index in [4.69, 9.17) is 4.74 Å². The number of piperidine rings is 1. The molecule has 1 aliphatic rings. The molecule has 134 valence electrons.